The largest absolute Gasteiger partial charge is 0.376 e. The van der Waals surface area contributed by atoms with Crippen LogP contribution in [-0.4, -0.2) is 45.3 Å². The Labute approximate surface area is 404 Å². The van der Waals surface area contributed by atoms with Gasteiger partial charge < -0.3 is 14.7 Å². The molecule has 0 amide bonds. The van der Waals surface area contributed by atoms with Crippen LogP contribution in [-0.2, 0) is 29.1 Å². The molecule has 0 aliphatic carbocycles. The molecule has 3 aliphatic heterocycles. The van der Waals surface area contributed by atoms with Crippen LogP contribution in [0.3, 0.4) is 0 Å². The summed E-state index contributed by atoms with van der Waals surface area (Å²) in [5, 5.41) is 6.89. The molecule has 4 heterocycles. The topological polar surface area (TPSA) is 22.6 Å². The highest BCUT2D eigenvalue weighted by atomic mass is 15.1. The minimum absolute atomic E-state index is 0.141. The second kappa shape index (κ2) is 18.6. The maximum Gasteiger partial charge on any atom is 0.0941 e. The Hall–Kier alpha value is -5.35. The first-order valence-electron chi connectivity index (χ1n) is 25.4. The smallest absolute Gasteiger partial charge is 0.0941 e. The van der Waals surface area contributed by atoms with Crippen molar-refractivity contribution < 1.29 is 0 Å². The zero-order valence-electron chi connectivity index (χ0n) is 44.0. The summed E-state index contributed by atoms with van der Waals surface area (Å²) in [4.78, 5) is 12.1. The van der Waals surface area contributed by atoms with E-state index in [1.165, 1.54) is 148 Å². The number of fused-ring (bicyclic) bond motifs is 3. The van der Waals surface area contributed by atoms with Crippen molar-refractivity contribution in [2.75, 3.05) is 55.0 Å². The van der Waals surface area contributed by atoms with E-state index in [1.54, 1.807) is 16.8 Å². The molecule has 0 N–H and O–H groups in total. The number of pyridine rings is 1. The van der Waals surface area contributed by atoms with Gasteiger partial charge in [0.05, 0.1) is 11.2 Å². The molecule has 0 bridgehead atoms. The normalized spacial score (nSPS) is 15.0. The zero-order chi connectivity index (χ0) is 48.2. The van der Waals surface area contributed by atoms with E-state index in [2.05, 4.69) is 203 Å². The Balaban J connectivity index is 0.000000140. The van der Waals surface area contributed by atoms with Gasteiger partial charge in [0, 0.05) is 68.1 Å². The van der Waals surface area contributed by atoms with Gasteiger partial charge in [0.15, 0.2) is 0 Å². The van der Waals surface area contributed by atoms with E-state index < -0.39 is 0 Å². The molecule has 10 rings (SSSR count). The van der Waals surface area contributed by atoms with Gasteiger partial charge >= 0.3 is 0 Å². The molecule has 0 atom stereocenters. The molecule has 1 fully saturated rings. The van der Waals surface area contributed by atoms with Crippen LogP contribution >= 0.6 is 0 Å². The average Bonchev–Trinajstić information content (AvgIpc) is 3.81. The Morgan fingerprint density at radius 1 is 0.478 bits per heavy atom. The van der Waals surface area contributed by atoms with Crippen LogP contribution in [0, 0.1) is 27.7 Å². The highest BCUT2D eigenvalue weighted by Gasteiger charge is 2.27. The van der Waals surface area contributed by atoms with Crippen molar-refractivity contribution >= 4 is 49.5 Å². The summed E-state index contributed by atoms with van der Waals surface area (Å²) in [7, 11) is 4.17. The van der Waals surface area contributed by atoms with Gasteiger partial charge in [0.25, 0.3) is 0 Å². The highest BCUT2D eigenvalue weighted by Crippen LogP contribution is 2.43. The van der Waals surface area contributed by atoms with Crippen LogP contribution in [0.2, 0.25) is 0 Å². The maximum absolute atomic E-state index is 4.74. The lowest BCUT2D eigenvalue weighted by atomic mass is 9.79. The van der Waals surface area contributed by atoms with Gasteiger partial charge in [0.1, 0.15) is 0 Å². The molecule has 352 valence electrons. The van der Waals surface area contributed by atoms with Gasteiger partial charge in [-0.15, -0.1) is 0 Å². The van der Waals surface area contributed by atoms with Crippen molar-refractivity contribution in [3.8, 4) is 11.1 Å². The van der Waals surface area contributed by atoms with Gasteiger partial charge in [-0.2, -0.15) is 0 Å². The second-order valence-corrected chi connectivity index (χ2v) is 23.3. The van der Waals surface area contributed by atoms with Crippen molar-refractivity contribution in [2.45, 2.75) is 145 Å². The molecule has 7 aromatic rings. The minimum atomic E-state index is 0.141. The predicted molar refractivity (Wildman–Crippen MR) is 295 cm³/mol. The summed E-state index contributed by atoms with van der Waals surface area (Å²) in [5.74, 6) is 0. The third kappa shape index (κ3) is 9.70. The van der Waals surface area contributed by atoms with Gasteiger partial charge in [-0.05, 0) is 191 Å². The molecule has 0 saturated carbocycles. The Kier molecular flexibility index (Phi) is 13.4. The van der Waals surface area contributed by atoms with E-state index in [9.17, 15) is 0 Å². The molecule has 1 saturated heterocycles. The first-order chi connectivity index (χ1) is 31.6. The number of benzene rings is 6. The fourth-order valence-electron chi connectivity index (χ4n) is 11.6. The Morgan fingerprint density at radius 2 is 0.940 bits per heavy atom. The van der Waals surface area contributed by atoms with Gasteiger partial charge in [-0.1, -0.05) is 117 Å². The number of rotatable bonds is 3. The van der Waals surface area contributed by atoms with E-state index in [4.69, 9.17) is 4.98 Å². The highest BCUT2D eigenvalue weighted by molar-refractivity contribution is 6.01. The predicted octanol–water partition coefficient (Wildman–Crippen LogP) is 16.1. The standard InChI is InChI=1S/C27H31N.C19H25N.C17H24N2/c1-18-22-11-5-6-12-23(22)24(17-25(18)27(2,3)4)21-15-19-9-7-13-28-14-8-10-20(16-21)26(19)28;1-14-15-9-5-6-10-16(15)18(20-11-7-8-12-20)13-17(14)19(2,3)4;1-11-8-9-13-12(2)14(17(3,4)5)10-15(19(6)7)16(13)18-11/h5-6,11-12,15-17H,7-10,13-14H2,1-4H3;5-6,9-10,13H,7-8,11-12H2,1-4H3;8-10H,1-7H3. The minimum Gasteiger partial charge on any atom is -0.376 e. The molecule has 67 heavy (non-hydrogen) atoms. The number of aryl methyl sites for hydroxylation is 6. The maximum atomic E-state index is 4.74. The molecule has 4 heteroatoms. The van der Waals surface area contributed by atoms with E-state index in [-0.39, 0.29) is 16.2 Å². The quantitative estimate of drug-likeness (QED) is 0.176. The molecular weight excluding hydrogens is 813 g/mol. The molecule has 4 nitrogen and oxygen atoms in total. The van der Waals surface area contributed by atoms with Crippen LogP contribution in [0.4, 0.5) is 17.1 Å². The number of aromatic nitrogens is 1. The van der Waals surface area contributed by atoms with Crippen LogP contribution in [0.5, 0.6) is 0 Å². The number of anilines is 3. The monoisotopic (exact) mass is 893 g/mol. The summed E-state index contributed by atoms with van der Waals surface area (Å²) in [6, 6.07) is 34.4. The van der Waals surface area contributed by atoms with Crippen molar-refractivity contribution in [3.63, 3.8) is 0 Å². The number of hydrogen-bond acceptors (Lipinski definition) is 4. The summed E-state index contributed by atoms with van der Waals surface area (Å²) >= 11 is 0. The van der Waals surface area contributed by atoms with E-state index in [0.717, 1.165) is 11.2 Å². The molecule has 3 aliphatic rings. The molecule has 0 radical (unpaired) electrons. The van der Waals surface area contributed by atoms with Crippen molar-refractivity contribution in [2.24, 2.45) is 0 Å². The lowest BCUT2D eigenvalue weighted by Gasteiger charge is -2.37. The summed E-state index contributed by atoms with van der Waals surface area (Å²) in [5.41, 5.74) is 21.4. The summed E-state index contributed by atoms with van der Waals surface area (Å²) in [6.45, 7) is 34.5. The van der Waals surface area contributed by atoms with Crippen LogP contribution in [0.15, 0.2) is 91.0 Å². The SMILES string of the molecule is Cc1c(C(C)(C)C)cc(-c2cc3c4c(c2)CCCN4CCC3)c2ccccc12.Cc1c(C(C)(C)C)cc(N2CCCC2)c2ccccc12.Cc1ccc2c(C)c(C(C)(C)C)cc(N(C)C)c2n1. The molecule has 0 unspecified atom stereocenters. The molecular formula is C63H80N4. The fraction of sp³-hybridized carbons (Fsp3) is 0.444. The number of nitrogens with zero attached hydrogens (tertiary/aromatic N) is 4. The van der Waals surface area contributed by atoms with E-state index >= 15 is 0 Å². The van der Waals surface area contributed by atoms with Crippen LogP contribution < -0.4 is 14.7 Å². The van der Waals surface area contributed by atoms with Crippen molar-refractivity contribution in [3.05, 3.63) is 141 Å². The summed E-state index contributed by atoms with van der Waals surface area (Å²) < 4.78 is 0. The summed E-state index contributed by atoms with van der Waals surface area (Å²) in [6.07, 6.45) is 7.68. The van der Waals surface area contributed by atoms with Crippen molar-refractivity contribution in [1.29, 1.82) is 0 Å². The second-order valence-electron chi connectivity index (χ2n) is 23.3. The fourth-order valence-corrected chi connectivity index (χ4v) is 11.6. The third-order valence-electron chi connectivity index (χ3n) is 15.0. The molecule has 6 aromatic carbocycles. The zero-order valence-corrected chi connectivity index (χ0v) is 44.0. The van der Waals surface area contributed by atoms with Crippen LogP contribution in [0.25, 0.3) is 43.6 Å². The third-order valence-corrected chi connectivity index (χ3v) is 15.0. The average molecular weight is 893 g/mol. The van der Waals surface area contributed by atoms with E-state index in [1.807, 2.05) is 6.92 Å². The van der Waals surface area contributed by atoms with E-state index in [0.29, 0.717) is 0 Å². The van der Waals surface area contributed by atoms with Gasteiger partial charge in [-0.25, -0.2) is 0 Å². The van der Waals surface area contributed by atoms with Gasteiger partial charge in [0.2, 0.25) is 0 Å². The Bertz CT molecular complexity index is 2910. The molecule has 1 aromatic heterocycles. The Morgan fingerprint density at radius 3 is 1.48 bits per heavy atom. The first-order valence-corrected chi connectivity index (χ1v) is 25.4. The van der Waals surface area contributed by atoms with Crippen molar-refractivity contribution in [1.82, 2.24) is 4.98 Å². The molecule has 0 spiro atoms. The lowest BCUT2D eigenvalue weighted by molar-refractivity contribution is 0.587. The number of hydrogen-bond donors (Lipinski definition) is 0. The first kappa shape index (κ1) is 48.1. The van der Waals surface area contributed by atoms with Crippen LogP contribution in [0.1, 0.15) is 138 Å². The van der Waals surface area contributed by atoms with Gasteiger partial charge in [-0.3, -0.25) is 4.98 Å². The lowest BCUT2D eigenvalue weighted by Crippen LogP contribution is -2.34.